The van der Waals surface area contributed by atoms with Crippen molar-refractivity contribution in [3.63, 3.8) is 0 Å². The highest BCUT2D eigenvalue weighted by atomic mass is 16.5. The summed E-state index contributed by atoms with van der Waals surface area (Å²) in [5.41, 5.74) is 1.66. The van der Waals surface area contributed by atoms with Crippen LogP contribution in [-0.4, -0.2) is 59.2 Å². The number of amides is 1. The maximum absolute atomic E-state index is 13.2. The number of morpholine rings is 1. The second-order valence-corrected chi connectivity index (χ2v) is 6.91. The molecule has 0 aromatic carbocycles. The maximum atomic E-state index is 13.2. The Kier molecular flexibility index (Phi) is 6.00. The Morgan fingerprint density at radius 1 is 1.35 bits per heavy atom. The molecule has 0 radical (unpaired) electrons. The van der Waals surface area contributed by atoms with Crippen LogP contribution in [0.3, 0.4) is 0 Å². The van der Waals surface area contributed by atoms with E-state index in [-0.39, 0.29) is 17.9 Å². The van der Waals surface area contributed by atoms with Crippen molar-refractivity contribution in [3.8, 4) is 0 Å². The highest BCUT2D eigenvalue weighted by Gasteiger charge is 2.31. The molecule has 2 aromatic rings. The first kappa shape index (κ1) is 18.5. The topological polar surface area (TPSA) is 71.7 Å². The van der Waals surface area contributed by atoms with Gasteiger partial charge in [0, 0.05) is 44.5 Å². The average molecular weight is 358 g/mol. The lowest BCUT2D eigenvalue weighted by Crippen LogP contribution is -2.46. The van der Waals surface area contributed by atoms with Gasteiger partial charge < -0.3 is 14.2 Å². The fraction of sp³-hybridized carbons (Fsp3) is 0.526. The molecule has 140 valence electrons. The predicted molar refractivity (Wildman–Crippen MR) is 96.4 cm³/mol. The smallest absolute Gasteiger partial charge is 0.244 e. The molecule has 7 nitrogen and oxygen atoms in total. The summed E-state index contributed by atoms with van der Waals surface area (Å²) < 4.78 is 10.8. The minimum atomic E-state index is -0.367. The molecule has 1 atom stereocenters. The Balaban J connectivity index is 1.77. The van der Waals surface area contributed by atoms with Crippen molar-refractivity contribution < 1.29 is 14.1 Å². The van der Waals surface area contributed by atoms with Gasteiger partial charge in [0.15, 0.2) is 0 Å². The molecular formula is C19H26N4O3. The van der Waals surface area contributed by atoms with Crippen LogP contribution in [0.5, 0.6) is 0 Å². The summed E-state index contributed by atoms with van der Waals surface area (Å²) in [7, 11) is 1.80. The molecule has 1 aliphatic heterocycles. The summed E-state index contributed by atoms with van der Waals surface area (Å²) in [6, 6.07) is 5.37. The first-order chi connectivity index (χ1) is 12.6. The highest BCUT2D eigenvalue weighted by molar-refractivity contribution is 5.83. The van der Waals surface area contributed by atoms with Crippen molar-refractivity contribution in [2.45, 2.75) is 32.4 Å². The van der Waals surface area contributed by atoms with Crippen LogP contribution in [0.1, 0.15) is 42.8 Å². The van der Waals surface area contributed by atoms with E-state index in [1.807, 2.05) is 18.2 Å². The summed E-state index contributed by atoms with van der Waals surface area (Å²) in [5, 5.41) is 4.09. The summed E-state index contributed by atoms with van der Waals surface area (Å²) in [4.78, 5) is 21.3. The molecule has 0 N–H and O–H groups in total. The number of hydrogen-bond donors (Lipinski definition) is 0. The Morgan fingerprint density at radius 3 is 2.73 bits per heavy atom. The van der Waals surface area contributed by atoms with E-state index in [1.165, 1.54) is 0 Å². The Morgan fingerprint density at radius 2 is 2.12 bits per heavy atom. The number of rotatable bonds is 6. The lowest BCUT2D eigenvalue weighted by molar-refractivity contribution is -0.138. The van der Waals surface area contributed by atoms with Gasteiger partial charge in [-0.05, 0) is 11.6 Å². The van der Waals surface area contributed by atoms with Gasteiger partial charge in [-0.3, -0.25) is 14.7 Å². The molecule has 26 heavy (non-hydrogen) atoms. The molecule has 1 saturated heterocycles. The molecule has 7 heteroatoms. The van der Waals surface area contributed by atoms with E-state index in [4.69, 9.17) is 9.26 Å². The van der Waals surface area contributed by atoms with Gasteiger partial charge in [-0.25, -0.2) is 0 Å². The number of pyridine rings is 1. The highest BCUT2D eigenvalue weighted by Crippen LogP contribution is 2.24. The molecule has 3 rings (SSSR count). The Bertz CT molecular complexity index is 711. The summed E-state index contributed by atoms with van der Waals surface area (Å²) >= 11 is 0. The number of nitrogens with zero attached hydrogens (tertiary/aromatic N) is 4. The molecule has 1 fully saturated rings. The molecule has 0 spiro atoms. The largest absolute Gasteiger partial charge is 0.379 e. The number of carbonyl (C=O) groups excluding carboxylic acids is 1. The average Bonchev–Trinajstić information content (AvgIpc) is 3.12. The van der Waals surface area contributed by atoms with Crippen molar-refractivity contribution in [3.05, 3.63) is 47.6 Å². The van der Waals surface area contributed by atoms with Gasteiger partial charge in [-0.2, -0.15) is 0 Å². The second kappa shape index (κ2) is 8.42. The van der Waals surface area contributed by atoms with E-state index in [9.17, 15) is 4.79 Å². The third-order valence-electron chi connectivity index (χ3n) is 4.57. The van der Waals surface area contributed by atoms with E-state index in [1.54, 1.807) is 24.3 Å². The molecule has 3 heterocycles. The van der Waals surface area contributed by atoms with Crippen molar-refractivity contribution in [2.24, 2.45) is 0 Å². The van der Waals surface area contributed by atoms with Crippen LogP contribution in [0.15, 0.2) is 35.1 Å². The zero-order chi connectivity index (χ0) is 18.5. The lowest BCUT2D eigenvalue weighted by atomic mass is 10.1. The van der Waals surface area contributed by atoms with E-state index >= 15 is 0 Å². The summed E-state index contributed by atoms with van der Waals surface area (Å²) in [6.07, 6.45) is 3.48. The normalized spacial score (nSPS) is 16.6. The molecule has 0 saturated carbocycles. The molecule has 1 aliphatic rings. The Hall–Kier alpha value is -2.25. The number of aromatic nitrogens is 2. The first-order valence-corrected chi connectivity index (χ1v) is 8.98. The van der Waals surface area contributed by atoms with E-state index in [0.717, 1.165) is 30.1 Å². The third-order valence-corrected chi connectivity index (χ3v) is 4.57. The number of likely N-dealkylation sites (N-methyl/N-ethyl adjacent to an activating group) is 1. The fourth-order valence-corrected chi connectivity index (χ4v) is 3.09. The van der Waals surface area contributed by atoms with Gasteiger partial charge in [0.25, 0.3) is 0 Å². The zero-order valence-corrected chi connectivity index (χ0v) is 15.6. The summed E-state index contributed by atoms with van der Waals surface area (Å²) in [5.74, 6) is 1.13. The van der Waals surface area contributed by atoms with Gasteiger partial charge in [-0.1, -0.05) is 25.1 Å². The van der Waals surface area contributed by atoms with Crippen molar-refractivity contribution in [1.82, 2.24) is 19.9 Å². The number of hydrogen-bond acceptors (Lipinski definition) is 6. The van der Waals surface area contributed by atoms with Crippen LogP contribution in [0.25, 0.3) is 0 Å². The summed E-state index contributed by atoms with van der Waals surface area (Å²) in [6.45, 7) is 7.23. The van der Waals surface area contributed by atoms with Gasteiger partial charge in [-0.15, -0.1) is 0 Å². The third kappa shape index (κ3) is 4.28. The lowest BCUT2D eigenvalue weighted by Gasteiger charge is -2.35. The monoisotopic (exact) mass is 358 g/mol. The van der Waals surface area contributed by atoms with Crippen LogP contribution >= 0.6 is 0 Å². The number of carbonyl (C=O) groups is 1. The standard InChI is InChI=1S/C19H26N4O3/c1-14(2)17-11-16(21-26-17)13-22(3)19(24)18(15-5-4-6-20-12-15)23-7-9-25-10-8-23/h4-6,11-12,14,18H,7-10,13H2,1-3H3/t18-/m0/s1. The van der Waals surface area contributed by atoms with E-state index in [0.29, 0.717) is 19.8 Å². The van der Waals surface area contributed by atoms with Gasteiger partial charge in [0.1, 0.15) is 17.5 Å². The van der Waals surface area contributed by atoms with Crippen molar-refractivity contribution in [2.75, 3.05) is 33.4 Å². The van der Waals surface area contributed by atoms with Crippen LogP contribution < -0.4 is 0 Å². The van der Waals surface area contributed by atoms with E-state index in [2.05, 4.69) is 28.9 Å². The first-order valence-electron chi connectivity index (χ1n) is 8.98. The van der Waals surface area contributed by atoms with Crippen LogP contribution in [-0.2, 0) is 16.1 Å². The number of ether oxygens (including phenoxy) is 1. The van der Waals surface area contributed by atoms with Gasteiger partial charge >= 0.3 is 0 Å². The molecule has 0 unspecified atom stereocenters. The minimum absolute atomic E-state index is 0.0222. The van der Waals surface area contributed by atoms with Crippen LogP contribution in [0.2, 0.25) is 0 Å². The van der Waals surface area contributed by atoms with Gasteiger partial charge in [0.05, 0.1) is 19.8 Å². The van der Waals surface area contributed by atoms with Gasteiger partial charge in [0.2, 0.25) is 5.91 Å². The van der Waals surface area contributed by atoms with Crippen LogP contribution in [0, 0.1) is 0 Å². The molecule has 0 bridgehead atoms. The quantitative estimate of drug-likeness (QED) is 0.788. The second-order valence-electron chi connectivity index (χ2n) is 6.91. The van der Waals surface area contributed by atoms with E-state index < -0.39 is 0 Å². The predicted octanol–water partition coefficient (Wildman–Crippen LogP) is 2.22. The Labute approximate surface area is 153 Å². The molecule has 1 amide bonds. The fourth-order valence-electron chi connectivity index (χ4n) is 3.09. The van der Waals surface area contributed by atoms with Crippen LogP contribution in [0.4, 0.5) is 0 Å². The maximum Gasteiger partial charge on any atom is 0.244 e. The molecule has 0 aliphatic carbocycles. The zero-order valence-electron chi connectivity index (χ0n) is 15.6. The van der Waals surface area contributed by atoms with Crippen molar-refractivity contribution in [1.29, 1.82) is 0 Å². The minimum Gasteiger partial charge on any atom is -0.379 e. The molecular weight excluding hydrogens is 332 g/mol. The SMILES string of the molecule is CC(C)c1cc(CN(C)C(=O)[C@H](c2cccnc2)N2CCOCC2)no1. The molecule has 2 aromatic heterocycles. The van der Waals surface area contributed by atoms with Crippen molar-refractivity contribution >= 4 is 5.91 Å².